The molecule has 3 aromatic rings. The zero-order valence-electron chi connectivity index (χ0n) is 12.9. The molecule has 2 heterocycles. The smallest absolute Gasteiger partial charge is 0.0912 e. The summed E-state index contributed by atoms with van der Waals surface area (Å²) < 4.78 is 0. The largest absolute Gasteiger partial charge is 0.276 e. The summed E-state index contributed by atoms with van der Waals surface area (Å²) >= 11 is 0. The Morgan fingerprint density at radius 1 is 0.909 bits per heavy atom. The maximum atomic E-state index is 4.99. The Hall–Kier alpha value is -2.48. The summed E-state index contributed by atoms with van der Waals surface area (Å²) in [6.07, 6.45) is 2.91. The highest BCUT2D eigenvalue weighted by Crippen LogP contribution is 2.29. The van der Waals surface area contributed by atoms with E-state index in [0.717, 1.165) is 23.2 Å². The van der Waals surface area contributed by atoms with Crippen LogP contribution in [0.15, 0.2) is 65.8 Å². The molecule has 2 nitrogen and oxygen atoms in total. The maximum Gasteiger partial charge on any atom is 0.0912 e. The van der Waals surface area contributed by atoms with Crippen molar-refractivity contribution in [1.29, 1.82) is 0 Å². The van der Waals surface area contributed by atoms with Crippen molar-refractivity contribution in [2.75, 3.05) is 0 Å². The van der Waals surface area contributed by atoms with E-state index in [-0.39, 0.29) is 5.54 Å². The number of rotatable bonds is 1. The monoisotopic (exact) mass is 286 g/mol. The summed E-state index contributed by atoms with van der Waals surface area (Å²) in [6.45, 7) is 4.37. The lowest BCUT2D eigenvalue weighted by atomic mass is 9.86. The third kappa shape index (κ3) is 2.21. The van der Waals surface area contributed by atoms with Gasteiger partial charge in [0.05, 0.1) is 16.9 Å². The van der Waals surface area contributed by atoms with Crippen LogP contribution in [0.1, 0.15) is 30.7 Å². The van der Waals surface area contributed by atoms with Gasteiger partial charge in [0.15, 0.2) is 0 Å². The van der Waals surface area contributed by atoms with Gasteiger partial charge in [0, 0.05) is 17.1 Å². The van der Waals surface area contributed by atoms with Crippen LogP contribution in [0.4, 0.5) is 0 Å². The molecular weight excluding hydrogens is 268 g/mol. The predicted molar refractivity (Wildman–Crippen MR) is 91.6 cm³/mol. The summed E-state index contributed by atoms with van der Waals surface area (Å²) in [4.78, 5) is 9.65. The van der Waals surface area contributed by atoms with Crippen LogP contribution in [0, 0.1) is 0 Å². The van der Waals surface area contributed by atoms with Crippen LogP contribution in [0.2, 0.25) is 0 Å². The van der Waals surface area contributed by atoms with Crippen LogP contribution in [-0.2, 0) is 6.42 Å². The second-order valence-corrected chi connectivity index (χ2v) is 6.52. The predicted octanol–water partition coefficient (Wildman–Crippen LogP) is 4.41. The van der Waals surface area contributed by atoms with E-state index in [9.17, 15) is 0 Å². The Balaban J connectivity index is 1.93. The van der Waals surface area contributed by atoms with E-state index < -0.39 is 0 Å². The van der Waals surface area contributed by atoms with Gasteiger partial charge in [0.2, 0.25) is 0 Å². The van der Waals surface area contributed by atoms with E-state index in [1.54, 1.807) is 0 Å². The Morgan fingerprint density at radius 2 is 1.64 bits per heavy atom. The Bertz CT molecular complexity index is 891. The van der Waals surface area contributed by atoms with E-state index in [4.69, 9.17) is 4.99 Å². The van der Waals surface area contributed by atoms with Crippen LogP contribution >= 0.6 is 0 Å². The average molecular weight is 286 g/mol. The van der Waals surface area contributed by atoms with Crippen molar-refractivity contribution in [3.8, 4) is 0 Å². The number of hydrogen-bond acceptors (Lipinski definition) is 2. The topological polar surface area (TPSA) is 25.2 Å². The fourth-order valence-corrected chi connectivity index (χ4v) is 3.18. The van der Waals surface area contributed by atoms with Crippen LogP contribution < -0.4 is 0 Å². The highest BCUT2D eigenvalue weighted by Gasteiger charge is 2.27. The molecule has 2 heteroatoms. The number of benzene rings is 2. The molecule has 4 rings (SSSR count). The van der Waals surface area contributed by atoms with Crippen molar-refractivity contribution >= 4 is 16.5 Å². The molecule has 0 bridgehead atoms. The minimum absolute atomic E-state index is 0.0863. The lowest BCUT2D eigenvalue weighted by Crippen LogP contribution is -2.29. The molecule has 0 amide bonds. The molecule has 0 aliphatic carbocycles. The van der Waals surface area contributed by atoms with Crippen molar-refractivity contribution in [2.45, 2.75) is 25.8 Å². The molecule has 22 heavy (non-hydrogen) atoms. The van der Waals surface area contributed by atoms with Gasteiger partial charge in [-0.05, 0) is 37.3 Å². The fraction of sp³-hybridized carbons (Fsp3) is 0.200. The number of nitrogens with zero attached hydrogens (tertiary/aromatic N) is 2. The number of hydrogen-bond donors (Lipinski definition) is 0. The lowest BCUT2D eigenvalue weighted by molar-refractivity contribution is 0.513. The van der Waals surface area contributed by atoms with Crippen LogP contribution in [0.5, 0.6) is 0 Å². The Labute approximate surface area is 130 Å². The van der Waals surface area contributed by atoms with Gasteiger partial charge in [-0.25, -0.2) is 0 Å². The Kier molecular flexibility index (Phi) is 2.86. The molecule has 2 aromatic carbocycles. The molecule has 0 atom stereocenters. The molecule has 0 radical (unpaired) electrons. The minimum atomic E-state index is -0.0863. The summed E-state index contributed by atoms with van der Waals surface area (Å²) in [5, 5.41) is 2.37. The highest BCUT2D eigenvalue weighted by atomic mass is 14.9. The number of aromatic nitrogens is 1. The van der Waals surface area contributed by atoms with Gasteiger partial charge < -0.3 is 0 Å². The first-order valence-electron chi connectivity index (χ1n) is 7.66. The molecule has 1 aliphatic heterocycles. The average Bonchev–Trinajstić information content (AvgIpc) is 2.53. The molecule has 0 saturated heterocycles. The lowest BCUT2D eigenvalue weighted by Gasteiger charge is -2.28. The van der Waals surface area contributed by atoms with E-state index in [1.165, 1.54) is 16.5 Å². The molecule has 0 spiro atoms. The molecule has 1 aromatic heterocycles. The van der Waals surface area contributed by atoms with Crippen molar-refractivity contribution in [3.05, 3.63) is 77.6 Å². The van der Waals surface area contributed by atoms with Crippen molar-refractivity contribution in [3.63, 3.8) is 0 Å². The normalized spacial score (nSPS) is 16.2. The molecule has 1 aliphatic rings. The zero-order chi connectivity index (χ0) is 15.2. The first-order chi connectivity index (χ1) is 10.6. The van der Waals surface area contributed by atoms with E-state index in [0.29, 0.717) is 0 Å². The van der Waals surface area contributed by atoms with Gasteiger partial charge in [-0.1, -0.05) is 48.5 Å². The summed E-state index contributed by atoms with van der Waals surface area (Å²) in [7, 11) is 0. The van der Waals surface area contributed by atoms with Gasteiger partial charge >= 0.3 is 0 Å². The SMILES string of the molecule is CC1(C)Cc2ccccc2C(c2cc3ccccc3cn2)=N1. The second kappa shape index (κ2) is 4.77. The number of aliphatic imine (C=N–C) groups is 1. The molecular formula is C20H18N2. The molecule has 0 saturated carbocycles. The van der Waals surface area contributed by atoms with Crippen LogP contribution in [-0.4, -0.2) is 16.2 Å². The summed E-state index contributed by atoms with van der Waals surface area (Å²) in [5.74, 6) is 0. The van der Waals surface area contributed by atoms with Gasteiger partial charge in [-0.3, -0.25) is 9.98 Å². The van der Waals surface area contributed by atoms with E-state index >= 15 is 0 Å². The van der Waals surface area contributed by atoms with Crippen molar-refractivity contribution < 1.29 is 0 Å². The third-order valence-electron chi connectivity index (χ3n) is 4.18. The zero-order valence-corrected chi connectivity index (χ0v) is 12.9. The molecule has 0 N–H and O–H groups in total. The molecule has 0 unspecified atom stereocenters. The summed E-state index contributed by atoms with van der Waals surface area (Å²) in [6, 6.07) is 19.0. The van der Waals surface area contributed by atoms with Crippen molar-refractivity contribution in [2.24, 2.45) is 4.99 Å². The first kappa shape index (κ1) is 13.2. The number of pyridine rings is 1. The standard InChI is InChI=1S/C20H18N2/c1-20(2)12-15-8-5-6-10-17(15)19(22-20)18-11-14-7-3-4-9-16(14)13-21-18/h3-11,13H,12H2,1-2H3. The van der Waals surface area contributed by atoms with E-state index in [2.05, 4.69) is 67.4 Å². The maximum absolute atomic E-state index is 4.99. The molecule has 0 fully saturated rings. The first-order valence-corrected chi connectivity index (χ1v) is 7.66. The fourth-order valence-electron chi connectivity index (χ4n) is 3.18. The van der Waals surface area contributed by atoms with Crippen molar-refractivity contribution in [1.82, 2.24) is 4.98 Å². The minimum Gasteiger partial charge on any atom is -0.276 e. The summed E-state index contributed by atoms with van der Waals surface area (Å²) in [5.41, 5.74) is 4.45. The molecule has 108 valence electrons. The second-order valence-electron chi connectivity index (χ2n) is 6.52. The van der Waals surface area contributed by atoms with Gasteiger partial charge in [0.1, 0.15) is 0 Å². The van der Waals surface area contributed by atoms with Gasteiger partial charge in [0.25, 0.3) is 0 Å². The van der Waals surface area contributed by atoms with Gasteiger partial charge in [-0.15, -0.1) is 0 Å². The van der Waals surface area contributed by atoms with Gasteiger partial charge in [-0.2, -0.15) is 0 Å². The van der Waals surface area contributed by atoms with E-state index in [1.807, 2.05) is 12.3 Å². The van der Waals surface area contributed by atoms with Crippen LogP contribution in [0.25, 0.3) is 10.8 Å². The van der Waals surface area contributed by atoms with Crippen LogP contribution in [0.3, 0.4) is 0 Å². The quantitative estimate of drug-likeness (QED) is 0.650. The highest BCUT2D eigenvalue weighted by molar-refractivity contribution is 6.14. The number of fused-ring (bicyclic) bond motifs is 2. The Morgan fingerprint density at radius 3 is 2.50 bits per heavy atom. The third-order valence-corrected chi connectivity index (χ3v) is 4.18.